The molecule has 0 unspecified atom stereocenters. The van der Waals surface area contributed by atoms with E-state index in [-0.39, 0.29) is 30.3 Å². The van der Waals surface area contributed by atoms with Gasteiger partial charge in [0.25, 0.3) is 0 Å². The molecule has 0 atom stereocenters. The number of rotatable bonds is 53. The molecule has 0 bridgehead atoms. The lowest BCUT2D eigenvalue weighted by Gasteiger charge is -2.25. The van der Waals surface area contributed by atoms with Gasteiger partial charge in [0.15, 0.2) is 0 Å². The normalized spacial score (nSPS) is 11.5. The van der Waals surface area contributed by atoms with Crippen LogP contribution in [0.3, 0.4) is 0 Å². The fraction of sp³-hybridized carbons (Fsp3) is 0.929. The van der Waals surface area contributed by atoms with Crippen molar-refractivity contribution in [3.8, 4) is 0 Å². The quantitative estimate of drug-likeness (QED) is 0.0330. The van der Waals surface area contributed by atoms with Gasteiger partial charge in [0, 0.05) is 26.2 Å². The summed E-state index contributed by atoms with van der Waals surface area (Å²) in [5.41, 5.74) is 0. The topological polar surface area (TPSA) is 115 Å². The zero-order chi connectivity index (χ0) is 49.1. The van der Waals surface area contributed by atoms with Crippen LogP contribution in [-0.4, -0.2) is 125 Å². The van der Waals surface area contributed by atoms with Gasteiger partial charge in [-0.2, -0.15) is 0 Å². The van der Waals surface area contributed by atoms with E-state index in [1.165, 1.54) is 161 Å². The Morgan fingerprint density at radius 2 is 0.537 bits per heavy atom. The highest BCUT2D eigenvalue weighted by molar-refractivity contribution is 5.70. The van der Waals surface area contributed by atoms with Crippen molar-refractivity contribution in [2.45, 2.75) is 252 Å². The lowest BCUT2D eigenvalue weighted by Crippen LogP contribution is -2.34. The van der Waals surface area contributed by atoms with E-state index in [0.717, 1.165) is 77.5 Å². The third kappa shape index (κ3) is 48.6. The molecule has 11 heteroatoms. The van der Waals surface area contributed by atoms with Crippen LogP contribution in [0.25, 0.3) is 0 Å². The van der Waals surface area contributed by atoms with Crippen molar-refractivity contribution in [2.24, 2.45) is 0 Å². The third-order valence-electron chi connectivity index (χ3n) is 13.1. The SMILES string of the molecule is CCCCCCCCCCCCOC(=O)CCN(CCCN(C)CCCN(CCC(=O)OCCCCCCCCCCCC)CCC(=O)OCCCCCCCCCCCC)CCC(=O)OC. The second-order valence-corrected chi connectivity index (χ2v) is 19.5. The lowest BCUT2D eigenvalue weighted by molar-refractivity contribution is -0.145. The number of ether oxygens (including phenoxy) is 4. The first-order chi connectivity index (χ1) is 32.7. The number of esters is 4. The smallest absolute Gasteiger partial charge is 0.307 e. The molecule has 0 aromatic rings. The Labute approximate surface area is 413 Å². The summed E-state index contributed by atoms with van der Waals surface area (Å²) in [6, 6.07) is 0. The number of hydrogen-bond acceptors (Lipinski definition) is 11. The summed E-state index contributed by atoms with van der Waals surface area (Å²) in [6.45, 7) is 13.7. The highest BCUT2D eigenvalue weighted by Crippen LogP contribution is 2.14. The van der Waals surface area contributed by atoms with Crippen LogP contribution >= 0.6 is 0 Å². The molecular formula is C56H109N3O8. The molecule has 0 heterocycles. The summed E-state index contributed by atoms with van der Waals surface area (Å²) in [5.74, 6) is -0.758. The summed E-state index contributed by atoms with van der Waals surface area (Å²) < 4.78 is 21.7. The molecule has 0 aliphatic carbocycles. The van der Waals surface area contributed by atoms with Gasteiger partial charge >= 0.3 is 23.9 Å². The monoisotopic (exact) mass is 952 g/mol. The number of nitrogens with zero attached hydrogens (tertiary/aromatic N) is 3. The van der Waals surface area contributed by atoms with Gasteiger partial charge in [-0.1, -0.05) is 194 Å². The van der Waals surface area contributed by atoms with Crippen LogP contribution in [0.15, 0.2) is 0 Å². The minimum Gasteiger partial charge on any atom is -0.469 e. The predicted molar refractivity (Wildman–Crippen MR) is 279 cm³/mol. The first kappa shape index (κ1) is 64.8. The molecule has 0 spiro atoms. The highest BCUT2D eigenvalue weighted by atomic mass is 16.5. The van der Waals surface area contributed by atoms with Gasteiger partial charge in [-0.25, -0.2) is 0 Å². The van der Waals surface area contributed by atoms with E-state index in [9.17, 15) is 19.2 Å². The largest absolute Gasteiger partial charge is 0.469 e. The first-order valence-corrected chi connectivity index (χ1v) is 28.4. The molecule has 0 saturated heterocycles. The van der Waals surface area contributed by atoms with E-state index >= 15 is 0 Å². The Hall–Kier alpha value is -2.24. The Morgan fingerprint density at radius 3 is 0.791 bits per heavy atom. The number of unbranched alkanes of at least 4 members (excludes halogenated alkanes) is 27. The molecule has 0 aliphatic heterocycles. The summed E-state index contributed by atoms with van der Waals surface area (Å²) in [7, 11) is 3.52. The molecule has 0 saturated carbocycles. The number of carbonyl (C=O) groups excluding carboxylic acids is 4. The molecule has 0 aromatic carbocycles. The van der Waals surface area contributed by atoms with Crippen molar-refractivity contribution in [2.75, 3.05) is 86.3 Å². The highest BCUT2D eigenvalue weighted by Gasteiger charge is 2.15. The van der Waals surface area contributed by atoms with Gasteiger partial charge < -0.3 is 33.6 Å². The molecule has 0 rings (SSSR count). The minimum absolute atomic E-state index is 0.166. The average molecular weight is 953 g/mol. The van der Waals surface area contributed by atoms with Gasteiger partial charge in [0.05, 0.1) is 52.6 Å². The standard InChI is InChI=1S/C56H109N3O8/c1-6-9-12-15-18-21-24-27-30-33-50-65-54(61)39-47-58(46-38-53(60)64-5)44-36-42-57(4)43-37-45-59(48-40-55(62)66-51-34-31-28-25-22-19-16-13-10-7-2)49-41-56(63)67-52-35-32-29-26-23-20-17-14-11-8-3/h6-52H2,1-5H3. The van der Waals surface area contributed by atoms with Crippen LogP contribution in [0.1, 0.15) is 252 Å². The summed E-state index contributed by atoms with van der Waals surface area (Å²) >= 11 is 0. The van der Waals surface area contributed by atoms with Crippen molar-refractivity contribution >= 4 is 23.9 Å². The van der Waals surface area contributed by atoms with Gasteiger partial charge in [0.1, 0.15) is 0 Å². The molecule has 0 N–H and O–H groups in total. The van der Waals surface area contributed by atoms with Crippen molar-refractivity contribution < 1.29 is 38.1 Å². The van der Waals surface area contributed by atoms with E-state index < -0.39 is 0 Å². The molecule has 11 nitrogen and oxygen atoms in total. The number of carbonyl (C=O) groups is 4. The summed E-state index contributed by atoms with van der Waals surface area (Å²) in [5, 5.41) is 0. The maximum Gasteiger partial charge on any atom is 0.307 e. The maximum absolute atomic E-state index is 12.7. The maximum atomic E-state index is 12.7. The molecule has 67 heavy (non-hydrogen) atoms. The Morgan fingerprint density at radius 1 is 0.299 bits per heavy atom. The summed E-state index contributed by atoms with van der Waals surface area (Å²) in [4.78, 5) is 56.7. The van der Waals surface area contributed by atoms with Crippen molar-refractivity contribution in [3.05, 3.63) is 0 Å². The lowest BCUT2D eigenvalue weighted by atomic mass is 10.1. The van der Waals surface area contributed by atoms with Crippen LogP contribution < -0.4 is 0 Å². The third-order valence-corrected chi connectivity index (χ3v) is 13.1. The van der Waals surface area contributed by atoms with Crippen LogP contribution in [0, 0.1) is 0 Å². The molecule has 0 amide bonds. The summed E-state index contributed by atoms with van der Waals surface area (Å²) in [6.07, 6.45) is 40.3. The Bertz CT molecular complexity index is 1070. The Kier molecular flexibility index (Phi) is 49.9. The first-order valence-electron chi connectivity index (χ1n) is 28.4. The van der Waals surface area contributed by atoms with Gasteiger partial charge in [-0.05, 0) is 65.3 Å². The minimum atomic E-state index is -0.250. The molecule has 0 fully saturated rings. The zero-order valence-electron chi connectivity index (χ0n) is 44.8. The van der Waals surface area contributed by atoms with Gasteiger partial charge in [0.2, 0.25) is 0 Å². The molecule has 0 radical (unpaired) electrons. The van der Waals surface area contributed by atoms with Crippen LogP contribution in [0.2, 0.25) is 0 Å². The van der Waals surface area contributed by atoms with E-state index in [1.807, 2.05) is 0 Å². The Balaban J connectivity index is 4.74. The van der Waals surface area contributed by atoms with Crippen molar-refractivity contribution in [3.63, 3.8) is 0 Å². The van der Waals surface area contributed by atoms with Crippen LogP contribution in [-0.2, 0) is 38.1 Å². The second kappa shape index (κ2) is 51.6. The van der Waals surface area contributed by atoms with Gasteiger partial charge in [-0.3, -0.25) is 19.2 Å². The van der Waals surface area contributed by atoms with E-state index in [1.54, 1.807) is 0 Å². The van der Waals surface area contributed by atoms with Crippen molar-refractivity contribution in [1.29, 1.82) is 0 Å². The molecule has 0 aromatic heterocycles. The van der Waals surface area contributed by atoms with Crippen LogP contribution in [0.4, 0.5) is 0 Å². The molecule has 396 valence electrons. The predicted octanol–water partition coefficient (Wildman–Crippen LogP) is 13.4. The fourth-order valence-corrected chi connectivity index (χ4v) is 8.55. The fourth-order valence-electron chi connectivity index (χ4n) is 8.55. The zero-order valence-corrected chi connectivity index (χ0v) is 44.8. The van der Waals surface area contributed by atoms with Crippen LogP contribution in [0.5, 0.6) is 0 Å². The molecule has 0 aliphatic rings. The van der Waals surface area contributed by atoms with Gasteiger partial charge in [-0.15, -0.1) is 0 Å². The second-order valence-electron chi connectivity index (χ2n) is 19.5. The van der Waals surface area contributed by atoms with E-state index in [0.29, 0.717) is 65.3 Å². The number of hydrogen-bond donors (Lipinski definition) is 0. The average Bonchev–Trinajstić information content (AvgIpc) is 3.32. The van der Waals surface area contributed by atoms with E-state index in [2.05, 4.69) is 42.5 Å². The number of methoxy groups -OCH3 is 1. The van der Waals surface area contributed by atoms with Crippen molar-refractivity contribution in [1.82, 2.24) is 14.7 Å². The van der Waals surface area contributed by atoms with E-state index in [4.69, 9.17) is 18.9 Å². The molecular weight excluding hydrogens is 843 g/mol.